The first-order valence-corrected chi connectivity index (χ1v) is 5.31. The van der Waals surface area contributed by atoms with Crippen LogP contribution in [0.25, 0.3) is 0 Å². The summed E-state index contributed by atoms with van der Waals surface area (Å²) in [7, 11) is 0. The van der Waals surface area contributed by atoms with Crippen LogP contribution in [0.15, 0.2) is 24.3 Å². The highest BCUT2D eigenvalue weighted by Crippen LogP contribution is 2.11. The Hall–Kier alpha value is -1.09. The Kier molecular flexibility index (Phi) is 5.12. The van der Waals surface area contributed by atoms with Gasteiger partial charge in [0.05, 0.1) is 6.61 Å². The zero-order valence-corrected chi connectivity index (χ0v) is 9.29. The fourth-order valence-electron chi connectivity index (χ4n) is 1.22. The van der Waals surface area contributed by atoms with E-state index in [4.69, 9.17) is 4.74 Å². The minimum atomic E-state index is -0.233. The molecule has 0 heterocycles. The smallest absolute Gasteiger partial charge is 0.123 e. The van der Waals surface area contributed by atoms with Crippen LogP contribution in [-0.4, -0.2) is 19.7 Å². The van der Waals surface area contributed by atoms with E-state index in [-0.39, 0.29) is 5.82 Å². The zero-order valence-electron chi connectivity index (χ0n) is 9.29. The van der Waals surface area contributed by atoms with Gasteiger partial charge in [-0.25, -0.2) is 4.39 Å². The molecule has 1 atom stereocenters. The van der Waals surface area contributed by atoms with Crippen LogP contribution in [0.3, 0.4) is 0 Å². The molecule has 0 aliphatic rings. The molecule has 3 heteroatoms. The summed E-state index contributed by atoms with van der Waals surface area (Å²) in [6.45, 7) is 6.76. The number of hydrogen-bond acceptors (Lipinski definition) is 2. The van der Waals surface area contributed by atoms with Gasteiger partial charge >= 0.3 is 0 Å². The highest BCUT2D eigenvalue weighted by atomic mass is 19.1. The van der Waals surface area contributed by atoms with Crippen molar-refractivity contribution >= 4 is 0 Å². The van der Waals surface area contributed by atoms with Gasteiger partial charge < -0.3 is 10.1 Å². The van der Waals surface area contributed by atoms with Gasteiger partial charge in [0, 0.05) is 12.5 Å². The summed E-state index contributed by atoms with van der Waals surface area (Å²) in [5.74, 6) is 0.942. The van der Waals surface area contributed by atoms with Crippen LogP contribution in [0.2, 0.25) is 0 Å². The largest absolute Gasteiger partial charge is 0.493 e. The molecule has 1 N–H and O–H groups in total. The van der Waals surface area contributed by atoms with Gasteiger partial charge in [0.25, 0.3) is 0 Å². The molecular formula is C12H18FNO. The quantitative estimate of drug-likeness (QED) is 0.780. The second-order valence-corrected chi connectivity index (χ2v) is 3.68. The molecule has 1 aromatic carbocycles. The fraction of sp³-hybridized carbons (Fsp3) is 0.500. The lowest BCUT2D eigenvalue weighted by atomic mass is 10.2. The van der Waals surface area contributed by atoms with Gasteiger partial charge in [-0.2, -0.15) is 0 Å². The molecule has 2 nitrogen and oxygen atoms in total. The average molecular weight is 211 g/mol. The molecule has 0 amide bonds. The Labute approximate surface area is 90.4 Å². The predicted octanol–water partition coefficient (Wildman–Crippen LogP) is 2.45. The number of rotatable bonds is 6. The summed E-state index contributed by atoms with van der Waals surface area (Å²) in [5.41, 5.74) is 0. The minimum absolute atomic E-state index is 0.233. The van der Waals surface area contributed by atoms with Crippen LogP contribution in [0, 0.1) is 11.7 Å². The molecule has 0 radical (unpaired) electrons. The first-order valence-electron chi connectivity index (χ1n) is 5.31. The Morgan fingerprint density at radius 3 is 2.60 bits per heavy atom. The van der Waals surface area contributed by atoms with Gasteiger partial charge in [-0.15, -0.1) is 0 Å². The van der Waals surface area contributed by atoms with Crippen LogP contribution in [0.4, 0.5) is 4.39 Å². The van der Waals surface area contributed by atoms with Gasteiger partial charge in [-0.05, 0) is 30.8 Å². The number of ether oxygens (including phenoxy) is 1. The van der Waals surface area contributed by atoms with Crippen molar-refractivity contribution in [3.63, 3.8) is 0 Å². The van der Waals surface area contributed by atoms with Crippen molar-refractivity contribution in [3.05, 3.63) is 30.1 Å². The summed E-state index contributed by atoms with van der Waals surface area (Å²) < 4.78 is 18.1. The molecule has 0 saturated heterocycles. The van der Waals surface area contributed by atoms with Gasteiger partial charge in [-0.3, -0.25) is 0 Å². The van der Waals surface area contributed by atoms with Crippen molar-refractivity contribution in [1.29, 1.82) is 0 Å². The summed E-state index contributed by atoms with van der Waals surface area (Å²) in [4.78, 5) is 0. The average Bonchev–Trinajstić information content (AvgIpc) is 2.25. The van der Waals surface area contributed by atoms with Crippen molar-refractivity contribution in [2.75, 3.05) is 19.7 Å². The first kappa shape index (κ1) is 12.0. The first-order chi connectivity index (χ1) is 7.22. The molecule has 84 valence electrons. The van der Waals surface area contributed by atoms with Crippen molar-refractivity contribution in [1.82, 2.24) is 5.32 Å². The number of nitrogens with one attached hydrogen (secondary N) is 1. The van der Waals surface area contributed by atoms with Crippen molar-refractivity contribution in [2.24, 2.45) is 5.92 Å². The molecule has 0 aliphatic carbocycles. The lowest BCUT2D eigenvalue weighted by Crippen LogP contribution is -2.24. The molecule has 15 heavy (non-hydrogen) atoms. The van der Waals surface area contributed by atoms with E-state index in [0.717, 1.165) is 18.8 Å². The van der Waals surface area contributed by atoms with E-state index in [1.807, 2.05) is 0 Å². The summed E-state index contributed by atoms with van der Waals surface area (Å²) >= 11 is 0. The molecule has 0 bridgehead atoms. The lowest BCUT2D eigenvalue weighted by Gasteiger charge is -2.13. The third kappa shape index (κ3) is 4.79. The van der Waals surface area contributed by atoms with E-state index >= 15 is 0 Å². The van der Waals surface area contributed by atoms with E-state index in [1.54, 1.807) is 12.1 Å². The predicted molar refractivity (Wildman–Crippen MR) is 59.6 cm³/mol. The van der Waals surface area contributed by atoms with Crippen LogP contribution in [0.1, 0.15) is 13.8 Å². The highest BCUT2D eigenvalue weighted by Gasteiger charge is 2.02. The highest BCUT2D eigenvalue weighted by molar-refractivity contribution is 5.21. The Morgan fingerprint density at radius 2 is 2.00 bits per heavy atom. The SMILES string of the molecule is CCNCC(C)COc1ccc(F)cc1. The molecule has 1 aromatic rings. The third-order valence-corrected chi connectivity index (χ3v) is 2.09. The van der Waals surface area contributed by atoms with Crippen LogP contribution >= 0.6 is 0 Å². The molecule has 1 unspecified atom stereocenters. The lowest BCUT2D eigenvalue weighted by molar-refractivity contribution is 0.256. The fourth-order valence-corrected chi connectivity index (χ4v) is 1.22. The topological polar surface area (TPSA) is 21.3 Å². The van der Waals surface area contributed by atoms with E-state index < -0.39 is 0 Å². The Balaban J connectivity index is 2.27. The third-order valence-electron chi connectivity index (χ3n) is 2.09. The van der Waals surface area contributed by atoms with Crippen LogP contribution < -0.4 is 10.1 Å². The second kappa shape index (κ2) is 6.40. The van der Waals surface area contributed by atoms with Crippen LogP contribution in [0.5, 0.6) is 5.75 Å². The number of benzene rings is 1. The Bertz CT molecular complexity index is 273. The van der Waals surface area contributed by atoms with E-state index in [2.05, 4.69) is 19.2 Å². The normalized spacial score (nSPS) is 12.5. The standard InChI is InChI=1S/C12H18FNO/c1-3-14-8-10(2)9-15-12-6-4-11(13)5-7-12/h4-7,10,14H,3,8-9H2,1-2H3. The van der Waals surface area contributed by atoms with Crippen molar-refractivity contribution in [2.45, 2.75) is 13.8 Å². The van der Waals surface area contributed by atoms with Gasteiger partial charge in [0.1, 0.15) is 11.6 Å². The Morgan fingerprint density at radius 1 is 1.33 bits per heavy atom. The molecule has 0 spiro atoms. The summed E-state index contributed by atoms with van der Waals surface area (Å²) in [6, 6.07) is 6.11. The maximum Gasteiger partial charge on any atom is 0.123 e. The van der Waals surface area contributed by atoms with Crippen molar-refractivity contribution < 1.29 is 9.13 Å². The second-order valence-electron chi connectivity index (χ2n) is 3.68. The monoisotopic (exact) mass is 211 g/mol. The van der Waals surface area contributed by atoms with E-state index in [1.165, 1.54) is 12.1 Å². The van der Waals surface area contributed by atoms with Crippen LogP contribution in [-0.2, 0) is 0 Å². The maximum atomic E-state index is 12.6. The minimum Gasteiger partial charge on any atom is -0.493 e. The molecule has 0 aliphatic heterocycles. The van der Waals surface area contributed by atoms with Gasteiger partial charge in [0.2, 0.25) is 0 Å². The summed E-state index contributed by atoms with van der Waals surface area (Å²) in [5, 5.41) is 3.25. The maximum absolute atomic E-state index is 12.6. The molecular weight excluding hydrogens is 193 g/mol. The van der Waals surface area contributed by atoms with E-state index in [0.29, 0.717) is 12.5 Å². The van der Waals surface area contributed by atoms with Crippen molar-refractivity contribution in [3.8, 4) is 5.75 Å². The summed E-state index contributed by atoms with van der Waals surface area (Å²) in [6.07, 6.45) is 0. The van der Waals surface area contributed by atoms with Gasteiger partial charge in [0.15, 0.2) is 0 Å². The number of hydrogen-bond donors (Lipinski definition) is 1. The van der Waals surface area contributed by atoms with E-state index in [9.17, 15) is 4.39 Å². The molecule has 1 rings (SSSR count). The molecule has 0 aromatic heterocycles. The zero-order chi connectivity index (χ0) is 11.1. The molecule has 0 fully saturated rings. The van der Waals surface area contributed by atoms with Gasteiger partial charge in [-0.1, -0.05) is 13.8 Å². The molecule has 0 saturated carbocycles. The number of halogens is 1.